The summed E-state index contributed by atoms with van der Waals surface area (Å²) >= 11 is 0. The number of methoxy groups -OCH3 is 1. The van der Waals surface area contributed by atoms with Gasteiger partial charge in [0.2, 0.25) is 0 Å². The smallest absolute Gasteiger partial charge is 0.417 e. The molecular formula is C21H21F4NO3. The Morgan fingerprint density at radius 2 is 1.86 bits per heavy atom. The maximum absolute atomic E-state index is 14.4. The van der Waals surface area contributed by atoms with Gasteiger partial charge in [0.05, 0.1) is 13.3 Å². The normalized spacial score (nSPS) is 14.8. The van der Waals surface area contributed by atoms with Gasteiger partial charge in [0.15, 0.2) is 11.2 Å². The molecule has 1 aromatic carbocycles. The Morgan fingerprint density at radius 3 is 2.48 bits per heavy atom. The largest absolute Gasteiger partial charge is 0.497 e. The van der Waals surface area contributed by atoms with Crippen molar-refractivity contribution < 1.29 is 31.8 Å². The van der Waals surface area contributed by atoms with Crippen molar-refractivity contribution in [3.8, 4) is 5.75 Å². The molecule has 0 saturated carbocycles. The monoisotopic (exact) mass is 411 g/mol. The molecule has 0 saturated heterocycles. The first-order valence-electron chi connectivity index (χ1n) is 8.91. The highest BCUT2D eigenvalue weighted by Crippen LogP contribution is 2.44. The average molecular weight is 411 g/mol. The summed E-state index contributed by atoms with van der Waals surface area (Å²) in [5, 5.41) is 11.3. The molecule has 2 heterocycles. The molecule has 0 amide bonds. The summed E-state index contributed by atoms with van der Waals surface area (Å²) in [5.74, 6) is -0.389. The first-order chi connectivity index (χ1) is 13.4. The number of benzene rings is 1. The van der Waals surface area contributed by atoms with E-state index in [1.54, 1.807) is 6.07 Å². The molecule has 0 spiro atoms. The van der Waals surface area contributed by atoms with Crippen LogP contribution in [0.5, 0.6) is 5.75 Å². The van der Waals surface area contributed by atoms with Gasteiger partial charge in [-0.15, -0.1) is 0 Å². The van der Waals surface area contributed by atoms with Gasteiger partial charge in [0, 0.05) is 18.0 Å². The zero-order valence-electron chi connectivity index (χ0n) is 16.2. The van der Waals surface area contributed by atoms with Crippen LogP contribution in [0.25, 0.3) is 11.0 Å². The quantitative estimate of drug-likeness (QED) is 0.568. The number of hydrogen-bond donors (Lipinski definition) is 1. The van der Waals surface area contributed by atoms with E-state index in [2.05, 4.69) is 4.98 Å². The van der Waals surface area contributed by atoms with Gasteiger partial charge in [-0.1, -0.05) is 13.8 Å². The van der Waals surface area contributed by atoms with Crippen molar-refractivity contribution in [1.29, 1.82) is 0 Å². The van der Waals surface area contributed by atoms with E-state index in [4.69, 9.17) is 9.15 Å². The first kappa shape index (κ1) is 21.1. The van der Waals surface area contributed by atoms with Crippen LogP contribution in [0.4, 0.5) is 17.6 Å². The second-order valence-corrected chi connectivity index (χ2v) is 7.74. The van der Waals surface area contributed by atoms with E-state index in [-0.39, 0.29) is 11.3 Å². The fourth-order valence-electron chi connectivity index (χ4n) is 3.55. The number of hydrogen-bond acceptors (Lipinski definition) is 4. The summed E-state index contributed by atoms with van der Waals surface area (Å²) in [6.45, 7) is 2.90. The molecule has 0 fully saturated rings. The number of halogens is 4. The van der Waals surface area contributed by atoms with Gasteiger partial charge in [-0.25, -0.2) is 4.39 Å². The molecule has 0 aliphatic heterocycles. The Labute approximate surface area is 165 Å². The Kier molecular flexibility index (Phi) is 5.34. The van der Waals surface area contributed by atoms with E-state index in [0.29, 0.717) is 16.7 Å². The van der Waals surface area contributed by atoms with Gasteiger partial charge in [-0.05, 0) is 47.7 Å². The molecule has 0 radical (unpaired) electrons. The summed E-state index contributed by atoms with van der Waals surface area (Å²) in [7, 11) is 1.38. The average Bonchev–Trinajstić information content (AvgIpc) is 3.02. The zero-order chi connectivity index (χ0) is 21.4. The third-order valence-electron chi connectivity index (χ3n) is 5.01. The van der Waals surface area contributed by atoms with Crippen LogP contribution in [-0.4, -0.2) is 29.0 Å². The Bertz CT molecular complexity index is 980. The molecule has 0 bridgehead atoms. The number of ether oxygens (including phenoxy) is 1. The van der Waals surface area contributed by atoms with Gasteiger partial charge in [0.1, 0.15) is 17.3 Å². The second-order valence-electron chi connectivity index (χ2n) is 7.74. The van der Waals surface area contributed by atoms with Crippen LogP contribution in [0.1, 0.15) is 31.6 Å². The van der Waals surface area contributed by atoms with Crippen molar-refractivity contribution in [2.75, 3.05) is 7.11 Å². The van der Waals surface area contributed by atoms with E-state index in [0.717, 1.165) is 6.07 Å². The van der Waals surface area contributed by atoms with Gasteiger partial charge >= 0.3 is 6.18 Å². The number of furan rings is 1. The SMILES string of the molecule is COc1ccc(F)c(C(C)(C)CC(O)(Cc2cc3ccncc3o2)C(F)(F)F)c1. The standard InChI is InChI=1S/C21H21F4NO3/c1-19(2,16-9-14(28-3)4-5-17(16)22)12-20(27,21(23,24)25)10-15-8-13-6-7-26-11-18(13)29-15/h4-9,11,27H,10,12H2,1-3H3. The second kappa shape index (κ2) is 7.33. The van der Waals surface area contributed by atoms with Gasteiger partial charge in [-0.3, -0.25) is 4.98 Å². The Balaban J connectivity index is 1.97. The maximum atomic E-state index is 14.4. The van der Waals surface area contributed by atoms with E-state index in [9.17, 15) is 22.7 Å². The third-order valence-corrected chi connectivity index (χ3v) is 5.01. The van der Waals surface area contributed by atoms with E-state index >= 15 is 0 Å². The summed E-state index contributed by atoms with van der Waals surface area (Å²) in [6, 6.07) is 6.90. The van der Waals surface area contributed by atoms with Crippen molar-refractivity contribution in [3.63, 3.8) is 0 Å². The molecule has 8 heteroatoms. The Morgan fingerprint density at radius 1 is 1.14 bits per heavy atom. The summed E-state index contributed by atoms with van der Waals surface area (Å²) in [6.07, 6.45) is -3.66. The number of rotatable bonds is 6. The van der Waals surface area contributed by atoms with Crippen molar-refractivity contribution in [1.82, 2.24) is 4.98 Å². The number of aromatic nitrogens is 1. The topological polar surface area (TPSA) is 55.5 Å². The van der Waals surface area contributed by atoms with Crippen LogP contribution in [0.15, 0.2) is 47.1 Å². The molecule has 2 aromatic heterocycles. The highest BCUT2D eigenvalue weighted by Gasteiger charge is 2.56. The number of pyridine rings is 1. The summed E-state index contributed by atoms with van der Waals surface area (Å²) < 4.78 is 66.6. The van der Waals surface area contributed by atoms with Crippen LogP contribution in [0.2, 0.25) is 0 Å². The predicted octanol–water partition coefficient (Wildman–Crippen LogP) is 5.18. The molecule has 0 aliphatic carbocycles. The van der Waals surface area contributed by atoms with E-state index in [1.165, 1.54) is 51.6 Å². The van der Waals surface area contributed by atoms with Crippen LogP contribution in [-0.2, 0) is 11.8 Å². The summed E-state index contributed by atoms with van der Waals surface area (Å²) in [4.78, 5) is 3.86. The molecule has 1 atom stereocenters. The lowest BCUT2D eigenvalue weighted by Gasteiger charge is -2.37. The van der Waals surface area contributed by atoms with Crippen LogP contribution >= 0.6 is 0 Å². The molecule has 1 N–H and O–H groups in total. The number of aliphatic hydroxyl groups is 1. The molecule has 1 unspecified atom stereocenters. The highest BCUT2D eigenvalue weighted by atomic mass is 19.4. The molecule has 29 heavy (non-hydrogen) atoms. The molecule has 3 rings (SSSR count). The molecule has 3 aromatic rings. The van der Waals surface area contributed by atoms with Crippen molar-refractivity contribution in [2.24, 2.45) is 0 Å². The lowest BCUT2D eigenvalue weighted by molar-refractivity contribution is -0.267. The van der Waals surface area contributed by atoms with Gasteiger partial charge in [-0.2, -0.15) is 13.2 Å². The highest BCUT2D eigenvalue weighted by molar-refractivity contribution is 5.76. The van der Waals surface area contributed by atoms with E-state index in [1.807, 2.05) is 0 Å². The molecule has 156 valence electrons. The predicted molar refractivity (Wildman–Crippen MR) is 99.3 cm³/mol. The number of fused-ring (bicyclic) bond motifs is 1. The Hall–Kier alpha value is -2.61. The minimum absolute atomic E-state index is 0.0216. The fraction of sp³-hybridized carbons (Fsp3) is 0.381. The fourth-order valence-corrected chi connectivity index (χ4v) is 3.55. The van der Waals surface area contributed by atoms with Crippen LogP contribution in [0.3, 0.4) is 0 Å². The minimum atomic E-state index is -4.96. The van der Waals surface area contributed by atoms with Crippen LogP contribution in [0, 0.1) is 5.82 Å². The zero-order valence-corrected chi connectivity index (χ0v) is 16.2. The van der Waals surface area contributed by atoms with Crippen molar-refractivity contribution >= 4 is 11.0 Å². The number of alkyl halides is 3. The lowest BCUT2D eigenvalue weighted by Crippen LogP contribution is -2.50. The van der Waals surface area contributed by atoms with Gasteiger partial charge in [0.25, 0.3) is 0 Å². The van der Waals surface area contributed by atoms with Crippen molar-refractivity contribution in [3.05, 3.63) is 59.9 Å². The van der Waals surface area contributed by atoms with Crippen LogP contribution < -0.4 is 4.74 Å². The lowest BCUT2D eigenvalue weighted by atomic mass is 9.73. The molecular weight excluding hydrogens is 390 g/mol. The van der Waals surface area contributed by atoms with Crippen molar-refractivity contribution in [2.45, 2.75) is 43.9 Å². The third kappa shape index (κ3) is 4.22. The first-order valence-corrected chi connectivity index (χ1v) is 8.91. The minimum Gasteiger partial charge on any atom is -0.497 e. The van der Waals surface area contributed by atoms with E-state index < -0.39 is 35.9 Å². The molecule has 4 nitrogen and oxygen atoms in total. The molecule has 0 aliphatic rings. The van der Waals surface area contributed by atoms with Gasteiger partial charge < -0.3 is 14.3 Å². The number of nitrogens with zero attached hydrogens (tertiary/aromatic N) is 1. The maximum Gasteiger partial charge on any atom is 0.417 e. The summed E-state index contributed by atoms with van der Waals surface area (Å²) in [5.41, 5.74) is -4.14.